The van der Waals surface area contributed by atoms with E-state index in [2.05, 4.69) is 67.4 Å². The van der Waals surface area contributed by atoms with E-state index in [0.717, 1.165) is 5.69 Å². The molecule has 2 aromatic heterocycles. The maximum Gasteiger partial charge on any atom is 0.0709 e. The van der Waals surface area contributed by atoms with Gasteiger partial charge in [-0.25, -0.2) is 0 Å². The lowest BCUT2D eigenvalue weighted by molar-refractivity contribution is 1.33. The zero-order valence-electron chi connectivity index (χ0n) is 12.1. The SMILES string of the molecule is Cc1cc(C)cc(-c2cc3c(cn2)sc2ccccc23)c1. The van der Waals surface area contributed by atoms with Crippen molar-refractivity contribution < 1.29 is 0 Å². The molecule has 4 aromatic rings. The molecule has 21 heavy (non-hydrogen) atoms. The molecular formula is C19H15NS. The first kappa shape index (κ1) is 12.5. The van der Waals surface area contributed by atoms with Crippen molar-refractivity contribution in [3.05, 3.63) is 65.9 Å². The van der Waals surface area contributed by atoms with Crippen molar-refractivity contribution in [3.8, 4) is 11.3 Å². The molecule has 0 atom stereocenters. The summed E-state index contributed by atoms with van der Waals surface area (Å²) in [6.45, 7) is 4.27. The van der Waals surface area contributed by atoms with Crippen LogP contribution in [0.5, 0.6) is 0 Å². The average Bonchev–Trinajstić information content (AvgIpc) is 2.84. The second kappa shape index (κ2) is 4.68. The second-order valence-electron chi connectivity index (χ2n) is 5.54. The summed E-state index contributed by atoms with van der Waals surface area (Å²) < 4.78 is 2.58. The summed E-state index contributed by atoms with van der Waals surface area (Å²) in [5.41, 5.74) is 4.81. The van der Waals surface area contributed by atoms with Crippen molar-refractivity contribution in [1.29, 1.82) is 0 Å². The summed E-state index contributed by atoms with van der Waals surface area (Å²) in [5.74, 6) is 0. The van der Waals surface area contributed by atoms with Gasteiger partial charge in [-0.1, -0.05) is 35.4 Å². The van der Waals surface area contributed by atoms with Gasteiger partial charge in [0, 0.05) is 27.2 Å². The molecule has 0 aliphatic carbocycles. The van der Waals surface area contributed by atoms with Crippen LogP contribution in [0.1, 0.15) is 11.1 Å². The number of hydrogen-bond acceptors (Lipinski definition) is 2. The predicted octanol–water partition coefficient (Wildman–Crippen LogP) is 5.73. The zero-order valence-corrected chi connectivity index (χ0v) is 12.9. The van der Waals surface area contributed by atoms with Gasteiger partial charge in [0.1, 0.15) is 0 Å². The maximum atomic E-state index is 4.67. The third-order valence-electron chi connectivity index (χ3n) is 3.78. The van der Waals surface area contributed by atoms with Crippen molar-refractivity contribution in [1.82, 2.24) is 4.98 Å². The lowest BCUT2D eigenvalue weighted by Gasteiger charge is -2.05. The molecule has 2 heterocycles. The number of fused-ring (bicyclic) bond motifs is 3. The molecule has 0 fully saturated rings. The Labute approximate surface area is 127 Å². The normalized spacial score (nSPS) is 11.3. The highest BCUT2D eigenvalue weighted by molar-refractivity contribution is 7.25. The molecule has 0 saturated heterocycles. The molecule has 0 spiro atoms. The topological polar surface area (TPSA) is 12.9 Å². The first-order valence-corrected chi connectivity index (χ1v) is 7.88. The number of hydrogen-bond donors (Lipinski definition) is 0. The van der Waals surface area contributed by atoms with E-state index in [1.165, 1.54) is 36.9 Å². The van der Waals surface area contributed by atoms with Crippen LogP contribution >= 0.6 is 11.3 Å². The Morgan fingerprint density at radius 2 is 1.57 bits per heavy atom. The molecule has 102 valence electrons. The van der Waals surface area contributed by atoms with Crippen LogP contribution in [0.15, 0.2) is 54.7 Å². The number of rotatable bonds is 1. The van der Waals surface area contributed by atoms with Gasteiger partial charge in [0.15, 0.2) is 0 Å². The van der Waals surface area contributed by atoms with Gasteiger partial charge in [0.2, 0.25) is 0 Å². The van der Waals surface area contributed by atoms with Crippen molar-refractivity contribution in [2.45, 2.75) is 13.8 Å². The highest BCUT2D eigenvalue weighted by Crippen LogP contribution is 2.35. The summed E-state index contributed by atoms with van der Waals surface area (Å²) in [6.07, 6.45) is 2.01. The highest BCUT2D eigenvalue weighted by atomic mass is 32.1. The third kappa shape index (κ3) is 2.12. The van der Waals surface area contributed by atoms with Crippen LogP contribution in [0, 0.1) is 13.8 Å². The van der Waals surface area contributed by atoms with Gasteiger partial charge in [-0.15, -0.1) is 11.3 Å². The minimum absolute atomic E-state index is 1.05. The molecule has 4 rings (SSSR count). The molecular weight excluding hydrogens is 274 g/mol. The third-order valence-corrected chi connectivity index (χ3v) is 4.90. The van der Waals surface area contributed by atoms with Crippen LogP contribution in [-0.4, -0.2) is 4.98 Å². The van der Waals surface area contributed by atoms with Crippen LogP contribution in [0.4, 0.5) is 0 Å². The first-order valence-electron chi connectivity index (χ1n) is 7.07. The molecule has 0 radical (unpaired) electrons. The zero-order chi connectivity index (χ0) is 14.4. The van der Waals surface area contributed by atoms with Gasteiger partial charge in [0.25, 0.3) is 0 Å². The Balaban J connectivity index is 1.99. The van der Waals surface area contributed by atoms with Crippen molar-refractivity contribution in [2.75, 3.05) is 0 Å². The van der Waals surface area contributed by atoms with E-state index in [1.807, 2.05) is 17.5 Å². The Bertz CT molecular complexity index is 946. The summed E-state index contributed by atoms with van der Waals surface area (Å²) in [4.78, 5) is 4.67. The number of benzene rings is 2. The number of pyridine rings is 1. The maximum absolute atomic E-state index is 4.67. The highest BCUT2D eigenvalue weighted by Gasteiger charge is 2.08. The second-order valence-corrected chi connectivity index (χ2v) is 6.62. The van der Waals surface area contributed by atoms with Crippen LogP contribution in [0.2, 0.25) is 0 Å². The number of aromatic nitrogens is 1. The fourth-order valence-corrected chi connectivity index (χ4v) is 3.97. The van der Waals surface area contributed by atoms with E-state index in [1.54, 1.807) is 0 Å². The molecule has 0 N–H and O–H groups in total. The van der Waals surface area contributed by atoms with Crippen LogP contribution in [-0.2, 0) is 0 Å². The molecule has 0 unspecified atom stereocenters. The molecule has 0 amide bonds. The van der Waals surface area contributed by atoms with E-state index in [-0.39, 0.29) is 0 Å². The van der Waals surface area contributed by atoms with Gasteiger partial charge in [0.05, 0.1) is 10.4 Å². The van der Waals surface area contributed by atoms with Gasteiger partial charge >= 0.3 is 0 Å². The van der Waals surface area contributed by atoms with E-state index in [4.69, 9.17) is 0 Å². The lowest BCUT2D eigenvalue weighted by atomic mass is 10.0. The average molecular weight is 289 g/mol. The quantitative estimate of drug-likeness (QED) is 0.436. The standard InChI is InChI=1S/C19H15NS/c1-12-7-13(2)9-14(8-12)17-10-16-15-5-3-4-6-18(15)21-19(16)11-20-17/h3-11H,1-2H3. The van der Waals surface area contributed by atoms with E-state index < -0.39 is 0 Å². The largest absolute Gasteiger partial charge is 0.255 e. The van der Waals surface area contributed by atoms with Gasteiger partial charge in [-0.05, 0) is 38.1 Å². The Morgan fingerprint density at radius 3 is 2.38 bits per heavy atom. The predicted molar refractivity (Wildman–Crippen MR) is 92.0 cm³/mol. The molecule has 0 bridgehead atoms. The van der Waals surface area contributed by atoms with Gasteiger partial charge < -0.3 is 0 Å². The van der Waals surface area contributed by atoms with Gasteiger partial charge in [-0.3, -0.25) is 4.98 Å². The lowest BCUT2D eigenvalue weighted by Crippen LogP contribution is -1.85. The van der Waals surface area contributed by atoms with Crippen LogP contribution in [0.3, 0.4) is 0 Å². The monoisotopic (exact) mass is 289 g/mol. The van der Waals surface area contributed by atoms with Crippen molar-refractivity contribution in [3.63, 3.8) is 0 Å². The Morgan fingerprint density at radius 1 is 0.810 bits per heavy atom. The fourth-order valence-electron chi connectivity index (χ4n) is 2.91. The van der Waals surface area contributed by atoms with Crippen molar-refractivity contribution >= 4 is 31.5 Å². The molecule has 0 aliphatic rings. The van der Waals surface area contributed by atoms with Crippen LogP contribution in [0.25, 0.3) is 31.4 Å². The minimum atomic E-state index is 1.05. The van der Waals surface area contributed by atoms with E-state index in [0.29, 0.717) is 0 Å². The summed E-state index contributed by atoms with van der Waals surface area (Å²) in [5, 5.41) is 2.63. The fraction of sp³-hybridized carbons (Fsp3) is 0.105. The minimum Gasteiger partial charge on any atom is -0.255 e. The summed E-state index contributed by atoms with van der Waals surface area (Å²) in [6, 6.07) is 17.4. The molecule has 2 aromatic carbocycles. The number of nitrogens with zero attached hydrogens (tertiary/aromatic N) is 1. The molecule has 1 nitrogen and oxygen atoms in total. The van der Waals surface area contributed by atoms with Crippen molar-refractivity contribution in [2.24, 2.45) is 0 Å². The van der Waals surface area contributed by atoms with Gasteiger partial charge in [-0.2, -0.15) is 0 Å². The number of thiophene rings is 1. The van der Waals surface area contributed by atoms with E-state index in [9.17, 15) is 0 Å². The first-order chi connectivity index (χ1) is 10.2. The Hall–Kier alpha value is -2.19. The Kier molecular flexibility index (Phi) is 2.79. The summed E-state index contributed by atoms with van der Waals surface area (Å²) >= 11 is 1.81. The number of aryl methyl sites for hydroxylation is 2. The smallest absolute Gasteiger partial charge is 0.0709 e. The molecule has 0 aliphatic heterocycles. The summed E-state index contributed by atoms with van der Waals surface area (Å²) in [7, 11) is 0. The van der Waals surface area contributed by atoms with Crippen LogP contribution < -0.4 is 0 Å². The molecule has 0 saturated carbocycles. The van der Waals surface area contributed by atoms with E-state index >= 15 is 0 Å². The molecule has 2 heteroatoms.